The predicted molar refractivity (Wildman–Crippen MR) is 193 cm³/mol. The Morgan fingerprint density at radius 2 is 1.55 bits per heavy atom. The fourth-order valence-electron chi connectivity index (χ4n) is 5.14. The second-order valence-electron chi connectivity index (χ2n) is 13.8. The maximum Gasteiger partial charge on any atom is 0.431 e. The van der Waals surface area contributed by atoms with E-state index in [9.17, 15) is 38.7 Å². The Bertz CT molecular complexity index is 1790. The zero-order valence-corrected chi connectivity index (χ0v) is 30.2. The average molecular weight is 738 g/mol. The van der Waals surface area contributed by atoms with Crippen molar-refractivity contribution < 1.29 is 48.2 Å². The van der Waals surface area contributed by atoms with E-state index in [0.29, 0.717) is 22.2 Å². The lowest BCUT2D eigenvalue weighted by molar-refractivity contribution is -0.143. The highest BCUT2D eigenvalue weighted by Gasteiger charge is 2.44. The molecule has 9 N–H and O–H groups in total. The molecule has 53 heavy (non-hydrogen) atoms. The van der Waals surface area contributed by atoms with E-state index in [0.717, 1.165) is 0 Å². The van der Waals surface area contributed by atoms with E-state index in [-0.39, 0.29) is 18.8 Å². The maximum atomic E-state index is 14.0. The number of Topliss-reactive ketones (excluding diaryl/α,β-unsaturated/α-hetero) is 1. The third kappa shape index (κ3) is 13.0. The van der Waals surface area contributed by atoms with Crippen LogP contribution in [0.15, 0.2) is 60.8 Å². The molecule has 3 rings (SSSR count). The number of H-pyrrole nitrogens is 1. The second kappa shape index (κ2) is 18.6. The van der Waals surface area contributed by atoms with Crippen LogP contribution in [0.1, 0.15) is 53.0 Å². The maximum absolute atomic E-state index is 14.0. The normalized spacial score (nSPS) is 13.6. The lowest BCUT2D eigenvalue weighted by Crippen LogP contribution is -2.65. The SMILES string of the molecule is CC(C)C[C@H](NC(=O)[C@@](N)(Cc1c[nH]c2ccccc12)C(=O)CONC(=O)OC(C)(C)C)C(=O)N[C@@H](CC(=O)O)C(=O)NCC(=O)Nc1ccccc1. The van der Waals surface area contributed by atoms with E-state index in [1.807, 2.05) is 5.48 Å². The van der Waals surface area contributed by atoms with Crippen molar-refractivity contribution in [2.24, 2.45) is 11.7 Å². The molecule has 0 bridgehead atoms. The van der Waals surface area contributed by atoms with Gasteiger partial charge in [0.05, 0.1) is 13.0 Å². The molecule has 3 aromatic rings. The number of fused-ring (bicyclic) bond motifs is 1. The Balaban J connectivity index is 1.81. The van der Waals surface area contributed by atoms with Crippen LogP contribution in [0, 0.1) is 5.92 Å². The molecule has 1 aromatic heterocycles. The summed E-state index contributed by atoms with van der Waals surface area (Å²) in [5, 5.41) is 19.9. The first-order chi connectivity index (χ1) is 24.9. The zero-order chi connectivity index (χ0) is 39.3. The van der Waals surface area contributed by atoms with Crippen LogP contribution in [0.4, 0.5) is 10.5 Å². The van der Waals surface area contributed by atoms with Gasteiger partial charge in [0, 0.05) is 29.2 Å². The van der Waals surface area contributed by atoms with Gasteiger partial charge in [0.2, 0.25) is 23.6 Å². The fourth-order valence-corrected chi connectivity index (χ4v) is 5.14. The zero-order valence-electron chi connectivity index (χ0n) is 30.2. The van der Waals surface area contributed by atoms with E-state index in [1.165, 1.54) is 0 Å². The van der Waals surface area contributed by atoms with Gasteiger partial charge in [-0.3, -0.25) is 33.6 Å². The van der Waals surface area contributed by atoms with Crippen LogP contribution in [0.3, 0.4) is 0 Å². The minimum atomic E-state index is -2.36. The summed E-state index contributed by atoms with van der Waals surface area (Å²) < 4.78 is 5.09. The third-order valence-corrected chi connectivity index (χ3v) is 7.63. The molecule has 286 valence electrons. The topological polar surface area (TPSA) is 260 Å². The van der Waals surface area contributed by atoms with Crippen LogP contribution in [0.25, 0.3) is 10.9 Å². The van der Waals surface area contributed by atoms with Crippen LogP contribution in [0.5, 0.6) is 0 Å². The molecule has 3 atom stereocenters. The number of amides is 5. The number of ether oxygens (including phenoxy) is 1. The van der Waals surface area contributed by atoms with Gasteiger partial charge in [-0.2, -0.15) is 5.48 Å². The number of carboxylic acid groups (broad SMARTS) is 1. The second-order valence-corrected chi connectivity index (χ2v) is 13.8. The van der Waals surface area contributed by atoms with Gasteiger partial charge in [-0.1, -0.05) is 50.2 Å². The number of carbonyl (C=O) groups is 7. The van der Waals surface area contributed by atoms with Gasteiger partial charge < -0.3 is 41.8 Å². The van der Waals surface area contributed by atoms with Crippen LogP contribution < -0.4 is 32.5 Å². The molecule has 5 amide bonds. The first-order valence-electron chi connectivity index (χ1n) is 16.8. The van der Waals surface area contributed by atoms with Crippen molar-refractivity contribution in [3.05, 3.63) is 66.4 Å². The van der Waals surface area contributed by atoms with Gasteiger partial charge in [0.1, 0.15) is 24.3 Å². The summed E-state index contributed by atoms with van der Waals surface area (Å²) in [7, 11) is 0. The number of para-hydroxylation sites is 2. The van der Waals surface area contributed by atoms with Crippen molar-refractivity contribution >= 4 is 58.1 Å². The minimum absolute atomic E-state index is 0.00742. The molecule has 0 fully saturated rings. The van der Waals surface area contributed by atoms with Crippen molar-refractivity contribution in [3.8, 4) is 0 Å². The largest absolute Gasteiger partial charge is 0.481 e. The molecule has 0 aliphatic carbocycles. The van der Waals surface area contributed by atoms with Gasteiger partial charge in [0.15, 0.2) is 11.3 Å². The molecule has 17 heteroatoms. The van der Waals surface area contributed by atoms with Crippen LogP contribution >= 0.6 is 0 Å². The number of nitrogens with one attached hydrogen (secondary N) is 6. The summed E-state index contributed by atoms with van der Waals surface area (Å²) in [6, 6.07) is 12.5. The molecule has 0 aliphatic rings. The van der Waals surface area contributed by atoms with Crippen molar-refractivity contribution in [2.45, 2.75) is 77.1 Å². The number of hydrogen-bond acceptors (Lipinski definition) is 10. The van der Waals surface area contributed by atoms with E-state index in [4.69, 9.17) is 15.3 Å². The van der Waals surface area contributed by atoms with E-state index < -0.39 is 84.3 Å². The molecule has 0 aliphatic heterocycles. The standard InChI is InChI=1S/C36H47N7O10/c1-21(2)15-26(32(49)41-27(16-30(46)47)31(48)39-19-29(45)40-23-11-7-6-8-12-23)42-33(50)36(37,17-22-18-38-25-14-10-9-13-24(22)25)28(44)20-52-43-34(51)53-35(3,4)5/h6-14,18,21,26-27,38H,15-17,19-20,37H2,1-5H3,(H,39,48)(H,40,45)(H,41,49)(H,42,50)(H,43,51)(H,46,47)/t26-,27-,36+/m0/s1. The Hall–Kier alpha value is -5.81. The molecule has 0 unspecified atom stereocenters. The Morgan fingerprint density at radius 1 is 0.887 bits per heavy atom. The molecular weight excluding hydrogens is 690 g/mol. The number of rotatable bonds is 18. The average Bonchev–Trinajstić information content (AvgIpc) is 3.47. The number of hydroxylamine groups is 1. The molecule has 0 radical (unpaired) electrons. The first kappa shape index (κ1) is 41.6. The number of hydrogen-bond donors (Lipinski definition) is 8. The number of aromatic nitrogens is 1. The van der Waals surface area contributed by atoms with Crippen LogP contribution in [-0.4, -0.2) is 87.9 Å². The molecule has 1 heterocycles. The highest BCUT2D eigenvalue weighted by molar-refractivity contribution is 6.12. The summed E-state index contributed by atoms with van der Waals surface area (Å²) in [6.45, 7) is 7.00. The molecule has 2 aromatic carbocycles. The number of nitrogens with two attached hydrogens (primary N) is 1. The number of aromatic amines is 1. The van der Waals surface area contributed by atoms with E-state index in [1.54, 1.807) is 95.4 Å². The number of carboxylic acids is 1. The van der Waals surface area contributed by atoms with Crippen molar-refractivity contribution in [1.29, 1.82) is 0 Å². The van der Waals surface area contributed by atoms with Crippen molar-refractivity contribution in [1.82, 2.24) is 26.4 Å². The third-order valence-electron chi connectivity index (χ3n) is 7.63. The van der Waals surface area contributed by atoms with Gasteiger partial charge >= 0.3 is 12.1 Å². The van der Waals surface area contributed by atoms with Crippen molar-refractivity contribution in [3.63, 3.8) is 0 Å². The Labute approximate surface area is 306 Å². The van der Waals surface area contributed by atoms with Gasteiger partial charge in [-0.25, -0.2) is 4.79 Å². The lowest BCUT2D eigenvalue weighted by Gasteiger charge is -2.30. The van der Waals surface area contributed by atoms with Gasteiger partial charge in [0.25, 0.3) is 0 Å². The molecule has 0 spiro atoms. The molecule has 0 saturated heterocycles. The van der Waals surface area contributed by atoms with E-state index in [2.05, 4.69) is 26.3 Å². The number of anilines is 1. The van der Waals surface area contributed by atoms with Crippen LogP contribution in [-0.2, 0) is 44.8 Å². The highest BCUT2D eigenvalue weighted by Crippen LogP contribution is 2.23. The summed E-state index contributed by atoms with van der Waals surface area (Å²) >= 11 is 0. The summed E-state index contributed by atoms with van der Waals surface area (Å²) in [6.07, 6.45) is -0.614. The number of carbonyl (C=O) groups excluding carboxylic acids is 6. The summed E-state index contributed by atoms with van der Waals surface area (Å²) in [4.78, 5) is 98.6. The minimum Gasteiger partial charge on any atom is -0.481 e. The van der Waals surface area contributed by atoms with Crippen molar-refractivity contribution in [2.75, 3.05) is 18.5 Å². The van der Waals surface area contributed by atoms with Gasteiger partial charge in [-0.15, -0.1) is 0 Å². The molecular formula is C36H47N7O10. The Morgan fingerprint density at radius 3 is 2.19 bits per heavy atom. The number of benzene rings is 2. The number of ketones is 1. The summed E-state index contributed by atoms with van der Waals surface area (Å²) in [5.74, 6) is -6.18. The Kier molecular flexibility index (Phi) is 14.6. The van der Waals surface area contributed by atoms with Gasteiger partial charge in [-0.05, 0) is 56.9 Å². The molecule has 17 nitrogen and oxygen atoms in total. The molecule has 0 saturated carbocycles. The number of aliphatic carboxylic acids is 1. The van der Waals surface area contributed by atoms with Crippen LogP contribution in [0.2, 0.25) is 0 Å². The highest BCUT2D eigenvalue weighted by atomic mass is 16.7. The quantitative estimate of drug-likeness (QED) is 0.0688. The first-order valence-corrected chi connectivity index (χ1v) is 16.8. The van der Waals surface area contributed by atoms with E-state index >= 15 is 0 Å². The monoisotopic (exact) mass is 737 g/mol. The lowest BCUT2D eigenvalue weighted by atomic mass is 9.86. The predicted octanol–water partition coefficient (Wildman–Crippen LogP) is 1.68. The summed E-state index contributed by atoms with van der Waals surface area (Å²) in [5.41, 5.74) is 7.02. The fraction of sp³-hybridized carbons (Fsp3) is 0.417. The smallest absolute Gasteiger partial charge is 0.431 e.